The molecule has 4 rings (SSSR count). The third kappa shape index (κ3) is 5.40. The first-order chi connectivity index (χ1) is 15.8. The molecular formula is C24H22ClF3N2O3. The van der Waals surface area contributed by atoms with Crippen LogP contribution in [0.1, 0.15) is 15.9 Å². The summed E-state index contributed by atoms with van der Waals surface area (Å²) in [6.07, 6.45) is -4.65. The van der Waals surface area contributed by atoms with Gasteiger partial charge in [0.15, 0.2) is 0 Å². The Morgan fingerprint density at radius 2 is 1.76 bits per heavy atom. The molecule has 0 bridgehead atoms. The van der Waals surface area contributed by atoms with Gasteiger partial charge in [-0.2, -0.15) is 13.2 Å². The van der Waals surface area contributed by atoms with E-state index in [-0.39, 0.29) is 5.56 Å². The molecule has 174 valence electrons. The van der Waals surface area contributed by atoms with Gasteiger partial charge in [-0.25, -0.2) is 0 Å². The lowest BCUT2D eigenvalue weighted by Gasteiger charge is -2.26. The molecule has 1 N–H and O–H groups in total. The summed E-state index contributed by atoms with van der Waals surface area (Å²) >= 11 is 5.91. The highest BCUT2D eigenvalue weighted by Crippen LogP contribution is 2.37. The normalized spacial score (nSPS) is 14.9. The molecule has 0 spiro atoms. The highest BCUT2D eigenvalue weighted by atomic mass is 35.5. The number of fused-ring (bicyclic) bond motifs is 1. The molecule has 1 saturated heterocycles. The van der Waals surface area contributed by atoms with Gasteiger partial charge in [-0.15, -0.1) is 0 Å². The number of amides is 1. The van der Waals surface area contributed by atoms with E-state index in [1.165, 1.54) is 6.07 Å². The Bertz CT molecular complexity index is 1150. The minimum atomic E-state index is -4.65. The van der Waals surface area contributed by atoms with Gasteiger partial charge in [-0.05, 0) is 24.3 Å². The van der Waals surface area contributed by atoms with Gasteiger partial charge in [0.05, 0.1) is 29.4 Å². The Kier molecular flexibility index (Phi) is 7.07. The molecule has 0 unspecified atom stereocenters. The Morgan fingerprint density at radius 3 is 2.48 bits per heavy atom. The van der Waals surface area contributed by atoms with Crippen LogP contribution in [-0.2, 0) is 10.9 Å². The van der Waals surface area contributed by atoms with Crippen molar-refractivity contribution in [1.29, 1.82) is 0 Å². The smallest absolute Gasteiger partial charge is 0.417 e. The van der Waals surface area contributed by atoms with Crippen LogP contribution in [0.2, 0.25) is 5.02 Å². The van der Waals surface area contributed by atoms with Crippen LogP contribution in [0.25, 0.3) is 10.8 Å². The van der Waals surface area contributed by atoms with Gasteiger partial charge in [-0.3, -0.25) is 9.69 Å². The molecule has 9 heteroatoms. The van der Waals surface area contributed by atoms with E-state index < -0.39 is 22.7 Å². The number of nitrogens with zero attached hydrogens (tertiary/aromatic N) is 1. The fourth-order valence-electron chi connectivity index (χ4n) is 3.73. The second kappa shape index (κ2) is 9.99. The zero-order valence-electron chi connectivity index (χ0n) is 17.6. The molecule has 0 atom stereocenters. The second-order valence-corrected chi connectivity index (χ2v) is 7.96. The molecule has 1 aliphatic rings. The van der Waals surface area contributed by atoms with E-state index in [9.17, 15) is 18.0 Å². The predicted octanol–water partition coefficient (Wildman–Crippen LogP) is 5.48. The van der Waals surface area contributed by atoms with E-state index in [4.69, 9.17) is 21.1 Å². The summed E-state index contributed by atoms with van der Waals surface area (Å²) in [5.41, 5.74) is -0.850. The van der Waals surface area contributed by atoms with Gasteiger partial charge >= 0.3 is 6.18 Å². The summed E-state index contributed by atoms with van der Waals surface area (Å²) < 4.78 is 50.8. The van der Waals surface area contributed by atoms with Gasteiger partial charge in [0, 0.05) is 36.1 Å². The van der Waals surface area contributed by atoms with Gasteiger partial charge in [0.1, 0.15) is 12.4 Å². The second-order valence-electron chi connectivity index (χ2n) is 7.58. The maximum Gasteiger partial charge on any atom is 0.417 e. The Balaban J connectivity index is 1.53. The molecule has 3 aromatic carbocycles. The molecule has 33 heavy (non-hydrogen) atoms. The summed E-state index contributed by atoms with van der Waals surface area (Å²) in [6.45, 7) is 4.43. The molecule has 5 nitrogen and oxygen atoms in total. The van der Waals surface area contributed by atoms with E-state index in [0.717, 1.165) is 37.2 Å². The van der Waals surface area contributed by atoms with Crippen molar-refractivity contribution in [2.24, 2.45) is 0 Å². The lowest BCUT2D eigenvalue weighted by Crippen LogP contribution is -2.38. The van der Waals surface area contributed by atoms with Gasteiger partial charge in [0.25, 0.3) is 5.91 Å². The van der Waals surface area contributed by atoms with Crippen LogP contribution in [0.5, 0.6) is 5.75 Å². The third-order valence-electron chi connectivity index (χ3n) is 5.45. The number of carbonyl (C=O) groups is 1. The quantitative estimate of drug-likeness (QED) is 0.510. The molecule has 1 amide bonds. The zero-order chi connectivity index (χ0) is 23.4. The first-order valence-electron chi connectivity index (χ1n) is 10.5. The number of rotatable bonds is 6. The summed E-state index contributed by atoms with van der Waals surface area (Å²) in [6, 6.07) is 14.0. The molecule has 0 radical (unpaired) electrons. The lowest BCUT2D eigenvalue weighted by atomic mass is 10.1. The van der Waals surface area contributed by atoms with E-state index in [0.29, 0.717) is 36.6 Å². The van der Waals surface area contributed by atoms with Crippen LogP contribution in [-0.4, -0.2) is 50.3 Å². The van der Waals surface area contributed by atoms with Crippen molar-refractivity contribution >= 4 is 34.0 Å². The van der Waals surface area contributed by atoms with E-state index in [1.54, 1.807) is 12.1 Å². The van der Waals surface area contributed by atoms with Gasteiger partial charge in [-0.1, -0.05) is 41.9 Å². The number of hydrogen-bond donors (Lipinski definition) is 1. The van der Waals surface area contributed by atoms with E-state index in [2.05, 4.69) is 10.2 Å². The summed E-state index contributed by atoms with van der Waals surface area (Å²) in [4.78, 5) is 15.0. The van der Waals surface area contributed by atoms with Crippen molar-refractivity contribution in [3.63, 3.8) is 0 Å². The SMILES string of the molecule is O=C(Nc1ccc(OCCN2CCOCC2)c2ccccc12)c1cccc(C(F)(F)F)c1Cl. The highest BCUT2D eigenvalue weighted by molar-refractivity contribution is 6.35. The maximum absolute atomic E-state index is 13.2. The van der Waals surface area contributed by atoms with Crippen LogP contribution in [0.3, 0.4) is 0 Å². The largest absolute Gasteiger partial charge is 0.492 e. The van der Waals surface area contributed by atoms with E-state index >= 15 is 0 Å². The number of nitrogens with one attached hydrogen (secondary N) is 1. The molecule has 1 aliphatic heterocycles. The van der Waals surface area contributed by atoms with Crippen LogP contribution in [0.4, 0.5) is 18.9 Å². The fourth-order valence-corrected chi connectivity index (χ4v) is 4.05. The number of ether oxygens (including phenoxy) is 2. The van der Waals surface area contributed by atoms with Crippen molar-refractivity contribution in [2.75, 3.05) is 44.8 Å². The number of halogens is 4. The molecule has 3 aromatic rings. The minimum Gasteiger partial charge on any atom is -0.492 e. The average molecular weight is 479 g/mol. The molecule has 0 saturated carbocycles. The molecule has 1 fully saturated rings. The summed E-state index contributed by atoms with van der Waals surface area (Å²) in [5.74, 6) is -0.0637. The van der Waals surface area contributed by atoms with Gasteiger partial charge < -0.3 is 14.8 Å². The van der Waals surface area contributed by atoms with E-state index in [1.807, 2.05) is 24.3 Å². The molecule has 0 aromatic heterocycles. The number of carbonyl (C=O) groups excluding carboxylic acids is 1. The first kappa shape index (κ1) is 23.4. The Labute approximate surface area is 194 Å². The van der Waals surface area contributed by atoms with Crippen LogP contribution in [0.15, 0.2) is 54.6 Å². The van der Waals surface area contributed by atoms with Gasteiger partial charge in [0.2, 0.25) is 0 Å². The predicted molar refractivity (Wildman–Crippen MR) is 121 cm³/mol. The summed E-state index contributed by atoms with van der Waals surface area (Å²) in [7, 11) is 0. The fraction of sp³-hybridized carbons (Fsp3) is 0.292. The molecule has 0 aliphatic carbocycles. The average Bonchev–Trinajstić information content (AvgIpc) is 2.80. The molecule has 1 heterocycles. The zero-order valence-corrected chi connectivity index (χ0v) is 18.4. The maximum atomic E-state index is 13.2. The van der Waals surface area contributed by atoms with Crippen molar-refractivity contribution < 1.29 is 27.4 Å². The lowest BCUT2D eigenvalue weighted by molar-refractivity contribution is -0.137. The molecular weight excluding hydrogens is 457 g/mol. The number of benzene rings is 3. The van der Waals surface area contributed by atoms with Crippen LogP contribution in [0, 0.1) is 0 Å². The number of alkyl halides is 3. The first-order valence-corrected chi connectivity index (χ1v) is 10.8. The van der Waals surface area contributed by atoms with Crippen LogP contribution >= 0.6 is 11.6 Å². The van der Waals surface area contributed by atoms with Crippen molar-refractivity contribution in [3.8, 4) is 5.75 Å². The standard InChI is InChI=1S/C24H22ClF3N2O3/c25-22-18(6-3-7-19(22)24(26,27)28)23(31)29-20-8-9-21(17-5-2-1-4-16(17)20)33-15-12-30-10-13-32-14-11-30/h1-9H,10-15H2,(H,29,31). The van der Waals surface area contributed by atoms with Crippen molar-refractivity contribution in [3.05, 3.63) is 70.7 Å². The topological polar surface area (TPSA) is 50.8 Å². The van der Waals surface area contributed by atoms with Crippen molar-refractivity contribution in [2.45, 2.75) is 6.18 Å². The Hall–Kier alpha value is -2.81. The van der Waals surface area contributed by atoms with Crippen molar-refractivity contribution in [1.82, 2.24) is 4.90 Å². The monoisotopic (exact) mass is 478 g/mol. The van der Waals surface area contributed by atoms with Crippen LogP contribution < -0.4 is 10.1 Å². The minimum absolute atomic E-state index is 0.249. The number of hydrogen-bond acceptors (Lipinski definition) is 4. The highest BCUT2D eigenvalue weighted by Gasteiger charge is 2.34. The number of morpholine rings is 1. The third-order valence-corrected chi connectivity index (χ3v) is 5.86. The summed E-state index contributed by atoms with van der Waals surface area (Å²) in [5, 5.41) is 3.55. The Morgan fingerprint density at radius 1 is 1.03 bits per heavy atom. The number of anilines is 1.